The molecule has 22 heavy (non-hydrogen) atoms. The van der Waals surface area contributed by atoms with Crippen LogP contribution in [-0.2, 0) is 9.53 Å². The molecule has 2 amide bonds. The van der Waals surface area contributed by atoms with Gasteiger partial charge in [0, 0.05) is 32.3 Å². The van der Waals surface area contributed by atoms with Crippen LogP contribution in [0.4, 0.5) is 0 Å². The van der Waals surface area contributed by atoms with Crippen molar-refractivity contribution in [3.63, 3.8) is 0 Å². The minimum Gasteiger partial charge on any atom is -0.465 e. The first-order valence-corrected chi connectivity index (χ1v) is 7.22. The number of pyridine rings is 1. The Bertz CT molecular complexity index is 550. The third kappa shape index (κ3) is 4.03. The fourth-order valence-electron chi connectivity index (χ4n) is 2.26. The molecule has 1 fully saturated rings. The van der Waals surface area contributed by atoms with E-state index in [0.29, 0.717) is 0 Å². The van der Waals surface area contributed by atoms with E-state index in [1.165, 1.54) is 25.4 Å². The average Bonchev–Trinajstić information content (AvgIpc) is 3.08. The zero-order chi connectivity index (χ0) is 15.9. The number of methoxy groups -OCH3 is 1. The number of nitrogens with one attached hydrogen (secondary N) is 1. The zero-order valence-electron chi connectivity index (χ0n) is 12.5. The van der Waals surface area contributed by atoms with Crippen LogP contribution in [0.15, 0.2) is 18.3 Å². The Morgan fingerprint density at radius 1 is 1.27 bits per heavy atom. The standard InChI is InChI=1S/C15H19N3O4/c1-22-15(21)11-4-5-12(17-10-11)14(20)16-7-6-13(19)18-8-2-3-9-18/h4-5,10H,2-3,6-9H2,1H3,(H,16,20). The first kappa shape index (κ1) is 15.9. The van der Waals surface area contributed by atoms with Gasteiger partial charge in [0.15, 0.2) is 0 Å². The number of rotatable bonds is 5. The summed E-state index contributed by atoms with van der Waals surface area (Å²) in [6, 6.07) is 2.92. The fraction of sp³-hybridized carbons (Fsp3) is 0.467. The number of nitrogens with zero attached hydrogens (tertiary/aromatic N) is 2. The minimum atomic E-state index is -0.504. The molecule has 1 aromatic rings. The molecule has 0 aromatic carbocycles. The summed E-state index contributed by atoms with van der Waals surface area (Å²) < 4.78 is 4.55. The first-order valence-electron chi connectivity index (χ1n) is 7.22. The molecular formula is C15H19N3O4. The Morgan fingerprint density at radius 2 is 2.00 bits per heavy atom. The summed E-state index contributed by atoms with van der Waals surface area (Å²) in [5.74, 6) is -0.812. The molecule has 1 aliphatic heterocycles. The second kappa shape index (κ2) is 7.53. The van der Waals surface area contributed by atoms with E-state index in [9.17, 15) is 14.4 Å². The van der Waals surface area contributed by atoms with Gasteiger partial charge in [-0.3, -0.25) is 14.6 Å². The lowest BCUT2D eigenvalue weighted by Crippen LogP contribution is -2.33. The predicted molar refractivity (Wildman–Crippen MR) is 78.3 cm³/mol. The van der Waals surface area contributed by atoms with E-state index in [1.54, 1.807) is 0 Å². The SMILES string of the molecule is COC(=O)c1ccc(C(=O)NCCC(=O)N2CCCC2)nc1. The number of carbonyl (C=O) groups excluding carboxylic acids is 3. The summed E-state index contributed by atoms with van der Waals surface area (Å²) in [5.41, 5.74) is 0.476. The van der Waals surface area contributed by atoms with Crippen LogP contribution in [0.2, 0.25) is 0 Å². The van der Waals surface area contributed by atoms with Gasteiger partial charge in [-0.05, 0) is 25.0 Å². The number of esters is 1. The predicted octanol–water partition coefficient (Wildman–Crippen LogP) is 0.610. The number of hydrogen-bond acceptors (Lipinski definition) is 5. The van der Waals surface area contributed by atoms with E-state index < -0.39 is 5.97 Å². The maximum atomic E-state index is 11.9. The molecule has 1 aliphatic rings. The van der Waals surface area contributed by atoms with Crippen molar-refractivity contribution >= 4 is 17.8 Å². The largest absolute Gasteiger partial charge is 0.465 e. The number of amides is 2. The summed E-state index contributed by atoms with van der Waals surface area (Å²) in [5, 5.41) is 2.65. The summed E-state index contributed by atoms with van der Waals surface area (Å²) in [6.45, 7) is 1.89. The summed E-state index contributed by atoms with van der Waals surface area (Å²) in [4.78, 5) is 40.7. The first-order chi connectivity index (χ1) is 10.6. The monoisotopic (exact) mass is 305 g/mol. The van der Waals surface area contributed by atoms with Crippen LogP contribution in [0.5, 0.6) is 0 Å². The van der Waals surface area contributed by atoms with Gasteiger partial charge in [0.25, 0.3) is 5.91 Å². The molecule has 1 aromatic heterocycles. The summed E-state index contributed by atoms with van der Waals surface area (Å²) in [7, 11) is 1.28. The highest BCUT2D eigenvalue weighted by Crippen LogP contribution is 2.08. The van der Waals surface area contributed by atoms with Crippen LogP contribution in [0.1, 0.15) is 40.1 Å². The number of hydrogen-bond donors (Lipinski definition) is 1. The van der Waals surface area contributed by atoms with E-state index in [-0.39, 0.29) is 36.0 Å². The highest BCUT2D eigenvalue weighted by atomic mass is 16.5. The third-order valence-corrected chi connectivity index (χ3v) is 3.50. The van der Waals surface area contributed by atoms with E-state index in [4.69, 9.17) is 0 Å². The Morgan fingerprint density at radius 3 is 2.59 bits per heavy atom. The van der Waals surface area contributed by atoms with Gasteiger partial charge in [0.2, 0.25) is 5.91 Å². The van der Waals surface area contributed by atoms with Gasteiger partial charge in [0.1, 0.15) is 5.69 Å². The summed E-state index contributed by atoms with van der Waals surface area (Å²) >= 11 is 0. The van der Waals surface area contributed by atoms with E-state index >= 15 is 0 Å². The lowest BCUT2D eigenvalue weighted by atomic mass is 10.2. The van der Waals surface area contributed by atoms with Crippen molar-refractivity contribution < 1.29 is 19.1 Å². The number of ether oxygens (including phenoxy) is 1. The van der Waals surface area contributed by atoms with Gasteiger partial charge in [-0.15, -0.1) is 0 Å². The Balaban J connectivity index is 1.79. The van der Waals surface area contributed by atoms with Crippen molar-refractivity contribution in [3.8, 4) is 0 Å². The van der Waals surface area contributed by atoms with Crippen LogP contribution in [0.3, 0.4) is 0 Å². The smallest absolute Gasteiger partial charge is 0.339 e. The minimum absolute atomic E-state index is 0.0619. The number of likely N-dealkylation sites (tertiary alicyclic amines) is 1. The van der Waals surface area contributed by atoms with Gasteiger partial charge in [-0.2, -0.15) is 0 Å². The zero-order valence-corrected chi connectivity index (χ0v) is 12.5. The van der Waals surface area contributed by atoms with Gasteiger partial charge in [-0.25, -0.2) is 4.79 Å². The molecule has 0 unspecified atom stereocenters. The second-order valence-electron chi connectivity index (χ2n) is 5.02. The lowest BCUT2D eigenvalue weighted by molar-refractivity contribution is -0.129. The maximum Gasteiger partial charge on any atom is 0.339 e. The molecule has 0 spiro atoms. The molecular weight excluding hydrogens is 286 g/mol. The van der Waals surface area contributed by atoms with Crippen molar-refractivity contribution in [2.24, 2.45) is 0 Å². The summed E-state index contributed by atoms with van der Waals surface area (Å²) in [6.07, 6.45) is 3.67. The highest BCUT2D eigenvalue weighted by molar-refractivity contribution is 5.94. The highest BCUT2D eigenvalue weighted by Gasteiger charge is 2.17. The van der Waals surface area contributed by atoms with E-state index in [0.717, 1.165) is 25.9 Å². The van der Waals surface area contributed by atoms with Crippen LogP contribution in [-0.4, -0.2) is 54.4 Å². The quantitative estimate of drug-likeness (QED) is 0.805. The molecule has 2 heterocycles. The van der Waals surface area contributed by atoms with Crippen LogP contribution in [0.25, 0.3) is 0 Å². The molecule has 118 valence electrons. The van der Waals surface area contributed by atoms with Gasteiger partial charge < -0.3 is 15.0 Å². The van der Waals surface area contributed by atoms with Crippen molar-refractivity contribution in [1.29, 1.82) is 0 Å². The molecule has 0 saturated carbocycles. The van der Waals surface area contributed by atoms with Crippen LogP contribution >= 0.6 is 0 Å². The molecule has 7 nitrogen and oxygen atoms in total. The number of carbonyl (C=O) groups is 3. The molecule has 0 bridgehead atoms. The Labute approximate surface area is 128 Å². The molecule has 0 atom stereocenters. The normalized spacial score (nSPS) is 13.8. The molecule has 7 heteroatoms. The average molecular weight is 305 g/mol. The van der Waals surface area contributed by atoms with Crippen LogP contribution in [0, 0.1) is 0 Å². The van der Waals surface area contributed by atoms with Crippen molar-refractivity contribution in [3.05, 3.63) is 29.6 Å². The molecule has 1 N–H and O–H groups in total. The van der Waals surface area contributed by atoms with E-state index in [1.807, 2.05) is 4.90 Å². The maximum absolute atomic E-state index is 11.9. The van der Waals surface area contributed by atoms with Crippen molar-refractivity contribution in [2.75, 3.05) is 26.7 Å². The van der Waals surface area contributed by atoms with E-state index in [2.05, 4.69) is 15.0 Å². The second-order valence-corrected chi connectivity index (χ2v) is 5.02. The van der Waals surface area contributed by atoms with Gasteiger partial charge >= 0.3 is 5.97 Å². The molecule has 1 saturated heterocycles. The fourth-order valence-corrected chi connectivity index (χ4v) is 2.26. The third-order valence-electron chi connectivity index (χ3n) is 3.50. The molecule has 2 rings (SSSR count). The molecule has 0 radical (unpaired) electrons. The lowest BCUT2D eigenvalue weighted by Gasteiger charge is -2.15. The Kier molecular flexibility index (Phi) is 5.46. The number of aromatic nitrogens is 1. The molecule has 0 aliphatic carbocycles. The van der Waals surface area contributed by atoms with Gasteiger partial charge in [0.05, 0.1) is 12.7 Å². The van der Waals surface area contributed by atoms with Crippen molar-refractivity contribution in [1.82, 2.24) is 15.2 Å². The Hall–Kier alpha value is -2.44. The topological polar surface area (TPSA) is 88.6 Å². The van der Waals surface area contributed by atoms with Crippen LogP contribution < -0.4 is 5.32 Å². The van der Waals surface area contributed by atoms with Crippen molar-refractivity contribution in [2.45, 2.75) is 19.3 Å². The van der Waals surface area contributed by atoms with Gasteiger partial charge in [-0.1, -0.05) is 0 Å².